The highest BCUT2D eigenvalue weighted by Crippen LogP contribution is 2.61. The van der Waals surface area contributed by atoms with Crippen LogP contribution in [-0.4, -0.2) is 39.7 Å². The first-order valence-electron chi connectivity index (χ1n) is 8.26. The summed E-state index contributed by atoms with van der Waals surface area (Å²) >= 11 is 4.35. The second kappa shape index (κ2) is 4.96. The number of thioether (sulfide) groups is 2. The highest BCUT2D eigenvalue weighted by Gasteiger charge is 2.52. The third kappa shape index (κ3) is 1.80. The van der Waals surface area contributed by atoms with Gasteiger partial charge in [0.1, 0.15) is 0 Å². The molecular weight excluding hydrogens is 310 g/mol. The molecule has 4 heterocycles. The molecule has 1 fully saturated rings. The van der Waals surface area contributed by atoms with Gasteiger partial charge in [-0.2, -0.15) is 0 Å². The van der Waals surface area contributed by atoms with Crippen molar-refractivity contribution in [3.63, 3.8) is 0 Å². The van der Waals surface area contributed by atoms with Gasteiger partial charge in [0, 0.05) is 29.3 Å². The Morgan fingerprint density at radius 3 is 2.91 bits per heavy atom. The Morgan fingerprint density at radius 2 is 2.05 bits per heavy atom. The van der Waals surface area contributed by atoms with Gasteiger partial charge in [0.2, 0.25) is 0 Å². The van der Waals surface area contributed by atoms with Gasteiger partial charge in [0.25, 0.3) is 0 Å². The van der Waals surface area contributed by atoms with Gasteiger partial charge in [-0.3, -0.25) is 0 Å². The summed E-state index contributed by atoms with van der Waals surface area (Å²) in [5.74, 6) is 2.56. The Balaban J connectivity index is 1.66. The van der Waals surface area contributed by atoms with Crippen LogP contribution in [0, 0.1) is 0 Å². The fourth-order valence-corrected chi connectivity index (χ4v) is 7.99. The standard InChI is InChI=1S/C18H21NOS2/c1-12-17-15(11-20-12)18(21-8-9-22-18)10-16-14-5-3-2-4-13(14)6-7-19(16)17/h2-5,12,16H,6-11H2,1H3. The molecule has 2 nitrogen and oxygen atoms in total. The molecule has 0 bridgehead atoms. The number of hydrogen-bond acceptors (Lipinski definition) is 4. The second-order valence-corrected chi connectivity index (χ2v) is 9.68. The maximum atomic E-state index is 6.08. The van der Waals surface area contributed by atoms with Crippen LogP contribution in [0.2, 0.25) is 0 Å². The first-order chi connectivity index (χ1) is 10.8. The zero-order valence-electron chi connectivity index (χ0n) is 12.9. The van der Waals surface area contributed by atoms with Crippen molar-refractivity contribution in [2.24, 2.45) is 0 Å². The maximum Gasteiger partial charge on any atom is 0.0949 e. The van der Waals surface area contributed by atoms with Crippen LogP contribution in [-0.2, 0) is 11.2 Å². The number of nitrogens with zero attached hydrogens (tertiary/aromatic N) is 1. The molecule has 2 unspecified atom stereocenters. The van der Waals surface area contributed by atoms with E-state index in [1.165, 1.54) is 30.0 Å². The summed E-state index contributed by atoms with van der Waals surface area (Å²) in [6.45, 7) is 4.24. The summed E-state index contributed by atoms with van der Waals surface area (Å²) in [5, 5.41) is 0. The monoisotopic (exact) mass is 331 g/mol. The minimum Gasteiger partial charge on any atom is -0.368 e. The van der Waals surface area contributed by atoms with Crippen molar-refractivity contribution >= 4 is 23.5 Å². The number of rotatable bonds is 0. The van der Waals surface area contributed by atoms with E-state index in [1.807, 2.05) is 0 Å². The minimum atomic E-state index is 0.265. The van der Waals surface area contributed by atoms with Crippen LogP contribution >= 0.6 is 23.5 Å². The molecule has 0 radical (unpaired) electrons. The van der Waals surface area contributed by atoms with E-state index in [-0.39, 0.29) is 10.2 Å². The van der Waals surface area contributed by atoms with Gasteiger partial charge in [0.15, 0.2) is 0 Å². The number of ether oxygens (including phenoxy) is 1. The lowest BCUT2D eigenvalue weighted by molar-refractivity contribution is 0.105. The number of benzene rings is 1. The molecule has 116 valence electrons. The molecule has 4 heteroatoms. The first-order valence-corrected chi connectivity index (χ1v) is 10.2. The Kier molecular flexibility index (Phi) is 3.11. The molecule has 4 aliphatic rings. The van der Waals surface area contributed by atoms with Gasteiger partial charge < -0.3 is 9.64 Å². The van der Waals surface area contributed by atoms with Crippen LogP contribution < -0.4 is 0 Å². The van der Waals surface area contributed by atoms with Crippen molar-refractivity contribution in [3.8, 4) is 0 Å². The Bertz CT molecular complexity index is 650. The van der Waals surface area contributed by atoms with Gasteiger partial charge in [-0.15, -0.1) is 23.5 Å². The molecule has 1 aromatic carbocycles. The predicted octanol–water partition coefficient (Wildman–Crippen LogP) is 3.84. The van der Waals surface area contributed by atoms with Gasteiger partial charge in [-0.1, -0.05) is 24.3 Å². The molecule has 5 rings (SSSR count). The van der Waals surface area contributed by atoms with Crippen LogP contribution in [0.3, 0.4) is 0 Å². The lowest BCUT2D eigenvalue weighted by atomic mass is 9.84. The molecule has 1 spiro atoms. The molecule has 0 saturated carbocycles. The van der Waals surface area contributed by atoms with Crippen LogP contribution in [0.5, 0.6) is 0 Å². The maximum absolute atomic E-state index is 6.08. The van der Waals surface area contributed by atoms with Crippen LogP contribution in [0.1, 0.15) is 30.5 Å². The van der Waals surface area contributed by atoms with E-state index in [2.05, 4.69) is 59.6 Å². The zero-order valence-corrected chi connectivity index (χ0v) is 14.5. The molecular formula is C18H21NOS2. The average Bonchev–Trinajstić information content (AvgIpc) is 3.16. The zero-order chi connectivity index (χ0) is 14.7. The molecule has 0 amide bonds. The molecule has 0 aromatic heterocycles. The summed E-state index contributed by atoms with van der Waals surface area (Å²) < 4.78 is 6.36. The largest absolute Gasteiger partial charge is 0.368 e. The molecule has 1 saturated heterocycles. The fourth-order valence-electron chi connectivity index (χ4n) is 4.60. The van der Waals surface area contributed by atoms with Crippen molar-refractivity contribution < 1.29 is 4.74 Å². The Hall–Kier alpha value is -0.580. The molecule has 0 aliphatic carbocycles. The summed E-state index contributed by atoms with van der Waals surface area (Å²) in [6.07, 6.45) is 2.68. The quantitative estimate of drug-likeness (QED) is 0.716. The minimum absolute atomic E-state index is 0.265. The molecule has 4 aliphatic heterocycles. The van der Waals surface area contributed by atoms with E-state index in [4.69, 9.17) is 4.74 Å². The molecule has 22 heavy (non-hydrogen) atoms. The predicted molar refractivity (Wildman–Crippen MR) is 94.3 cm³/mol. The topological polar surface area (TPSA) is 12.5 Å². The normalized spacial score (nSPS) is 32.1. The third-order valence-corrected chi connectivity index (χ3v) is 9.11. The van der Waals surface area contributed by atoms with E-state index in [1.54, 1.807) is 16.7 Å². The third-order valence-electron chi connectivity index (χ3n) is 5.57. The summed E-state index contributed by atoms with van der Waals surface area (Å²) in [4.78, 5) is 2.68. The van der Waals surface area contributed by atoms with Crippen molar-refractivity contribution in [3.05, 3.63) is 46.7 Å². The van der Waals surface area contributed by atoms with Crippen LogP contribution in [0.15, 0.2) is 35.5 Å². The van der Waals surface area contributed by atoms with Gasteiger partial charge in [-0.05, 0) is 30.9 Å². The summed E-state index contributed by atoms with van der Waals surface area (Å²) in [5.41, 5.74) is 6.24. The highest BCUT2D eigenvalue weighted by molar-refractivity contribution is 8.21. The van der Waals surface area contributed by atoms with Crippen molar-refractivity contribution in [1.82, 2.24) is 4.90 Å². The lowest BCUT2D eigenvalue weighted by Gasteiger charge is -2.49. The first kappa shape index (κ1) is 13.8. The Labute approximate surface area is 140 Å². The molecule has 1 aromatic rings. The van der Waals surface area contributed by atoms with E-state index in [0.29, 0.717) is 6.04 Å². The van der Waals surface area contributed by atoms with Crippen molar-refractivity contribution in [2.75, 3.05) is 24.7 Å². The SMILES string of the molecule is CC1OCC2=C1N1CCc3ccccc3C1CC21SCCS1. The van der Waals surface area contributed by atoms with Gasteiger partial charge in [0.05, 0.1) is 22.8 Å². The van der Waals surface area contributed by atoms with Gasteiger partial charge in [-0.25, -0.2) is 0 Å². The highest BCUT2D eigenvalue weighted by atomic mass is 32.2. The van der Waals surface area contributed by atoms with Crippen LogP contribution in [0.4, 0.5) is 0 Å². The Morgan fingerprint density at radius 1 is 1.23 bits per heavy atom. The smallest absolute Gasteiger partial charge is 0.0949 e. The fraction of sp³-hybridized carbons (Fsp3) is 0.556. The summed E-state index contributed by atoms with van der Waals surface area (Å²) in [6, 6.07) is 9.63. The van der Waals surface area contributed by atoms with Crippen molar-refractivity contribution in [2.45, 2.75) is 36.0 Å². The second-order valence-electron chi connectivity index (χ2n) is 6.63. The van der Waals surface area contributed by atoms with Crippen LogP contribution in [0.25, 0.3) is 0 Å². The van der Waals surface area contributed by atoms with Crippen molar-refractivity contribution in [1.29, 1.82) is 0 Å². The summed E-state index contributed by atoms with van der Waals surface area (Å²) in [7, 11) is 0. The van der Waals surface area contributed by atoms with E-state index >= 15 is 0 Å². The average molecular weight is 332 g/mol. The number of hydrogen-bond donors (Lipinski definition) is 0. The molecule has 0 N–H and O–H groups in total. The van der Waals surface area contributed by atoms with Gasteiger partial charge >= 0.3 is 0 Å². The van der Waals surface area contributed by atoms with E-state index in [9.17, 15) is 0 Å². The lowest BCUT2D eigenvalue weighted by Crippen LogP contribution is -2.45. The van der Waals surface area contributed by atoms with E-state index in [0.717, 1.165) is 13.2 Å². The van der Waals surface area contributed by atoms with E-state index < -0.39 is 0 Å². The molecule has 2 atom stereocenters. The number of fused-ring (bicyclic) bond motifs is 5.